The van der Waals surface area contributed by atoms with Gasteiger partial charge in [0.15, 0.2) is 11.6 Å². The van der Waals surface area contributed by atoms with Gasteiger partial charge in [0.05, 0.1) is 6.42 Å². The van der Waals surface area contributed by atoms with Crippen LogP contribution in [0.1, 0.15) is 11.6 Å². The molecule has 156 valence electrons. The average molecular weight is 416 g/mol. The number of nitrogens with one attached hydrogen (secondary N) is 2. The molecule has 4 aromatic heterocycles. The third-order valence-corrected chi connectivity index (χ3v) is 4.05. The predicted octanol–water partition coefficient (Wildman–Crippen LogP) is -2.58. The van der Waals surface area contributed by atoms with Gasteiger partial charge in [-0.1, -0.05) is 0 Å². The van der Waals surface area contributed by atoms with Gasteiger partial charge in [0.1, 0.15) is 27.0 Å². The maximum Gasteiger partial charge on any atom is 0.335 e. The summed E-state index contributed by atoms with van der Waals surface area (Å²) >= 11 is 0. The molecule has 0 radical (unpaired) electrons. The first kappa shape index (κ1) is 19.0. The lowest BCUT2D eigenvalue weighted by Crippen LogP contribution is -2.29. The minimum atomic E-state index is -0.439. The molecule has 0 amide bonds. The number of anilines is 4. The highest BCUT2D eigenvalue weighted by molar-refractivity contribution is 5.54. The molecule has 0 aromatic carbocycles. The molecule has 0 aliphatic heterocycles. The summed E-state index contributed by atoms with van der Waals surface area (Å²) in [5.74, 6) is -1.34. The number of aryl methyl sites for hydroxylation is 3. The Morgan fingerprint density at radius 1 is 0.733 bits per heavy atom. The number of nitrogens with zero attached hydrogens (tertiary/aromatic N) is 6. The highest BCUT2D eigenvalue weighted by Gasteiger charge is 2.18. The van der Waals surface area contributed by atoms with Gasteiger partial charge in [0, 0.05) is 0 Å². The fourth-order valence-corrected chi connectivity index (χ4v) is 2.46. The Hall–Kier alpha value is -4.36. The second-order valence-corrected chi connectivity index (χ2v) is 6.33. The molecule has 0 spiro atoms. The summed E-state index contributed by atoms with van der Waals surface area (Å²) < 4.78 is 19.2. The quantitative estimate of drug-likeness (QED) is 0.315. The minimum Gasteiger partial charge on any atom is -0.821 e. The molecule has 0 aliphatic rings. The van der Waals surface area contributed by atoms with Crippen LogP contribution in [-0.2, 0) is 27.6 Å². The van der Waals surface area contributed by atoms with Crippen molar-refractivity contribution in [1.29, 1.82) is 0 Å². The molecule has 0 atom stereocenters. The third kappa shape index (κ3) is 3.52. The summed E-state index contributed by atoms with van der Waals surface area (Å²) in [5.41, 5.74) is 0. The van der Waals surface area contributed by atoms with E-state index in [0.29, 0.717) is 0 Å². The Morgan fingerprint density at radius 2 is 1.20 bits per heavy atom. The number of hydrogen-bond acceptors (Lipinski definition) is 11. The van der Waals surface area contributed by atoms with E-state index < -0.39 is 11.8 Å². The highest BCUT2D eigenvalue weighted by atomic mass is 16.4. The standard InChI is InChI=1S/C16H16N8O6/c1-22-5-28-8(12(22)25)4-9-17-15(19-10-13(26)23(2)6-29-10)21-16(18-9)20-11-14(27)24(3)7-30-11/h5-7H,4H2,1-3H3,(H2-3,17,18,19,20,21,25,26,27). The Kier molecular flexibility index (Phi) is 4.57. The van der Waals surface area contributed by atoms with Gasteiger partial charge in [0.25, 0.3) is 11.8 Å². The summed E-state index contributed by atoms with van der Waals surface area (Å²) in [7, 11) is 4.58. The van der Waals surface area contributed by atoms with Crippen LogP contribution in [0.3, 0.4) is 0 Å². The van der Waals surface area contributed by atoms with Gasteiger partial charge >= 0.3 is 19.2 Å². The van der Waals surface area contributed by atoms with Crippen molar-refractivity contribution < 1.29 is 42.3 Å². The van der Waals surface area contributed by atoms with E-state index in [4.69, 9.17) is 13.3 Å². The van der Waals surface area contributed by atoms with Gasteiger partial charge in [0.2, 0.25) is 23.7 Å². The van der Waals surface area contributed by atoms with Crippen LogP contribution in [0, 0.1) is 0 Å². The van der Waals surface area contributed by atoms with Crippen molar-refractivity contribution in [2.45, 2.75) is 6.42 Å². The summed E-state index contributed by atoms with van der Waals surface area (Å²) in [6.07, 6.45) is 3.63. The van der Waals surface area contributed by atoms with Crippen molar-refractivity contribution >= 4 is 23.7 Å². The summed E-state index contributed by atoms with van der Waals surface area (Å²) in [6.45, 7) is 0. The molecule has 2 N–H and O–H groups in total. The van der Waals surface area contributed by atoms with Crippen molar-refractivity contribution in [3.05, 3.63) is 30.8 Å². The zero-order chi connectivity index (χ0) is 21.4. The first-order valence-corrected chi connectivity index (χ1v) is 8.52. The van der Waals surface area contributed by atoms with Crippen molar-refractivity contribution in [2.24, 2.45) is 21.1 Å². The molecule has 14 heteroatoms. The lowest BCUT2D eigenvalue weighted by molar-refractivity contribution is -0.715. The smallest absolute Gasteiger partial charge is 0.335 e. The van der Waals surface area contributed by atoms with E-state index in [1.165, 1.54) is 47.0 Å². The molecule has 14 nitrogen and oxygen atoms in total. The van der Waals surface area contributed by atoms with Gasteiger partial charge in [-0.25, -0.2) is 0 Å². The number of hydrogen-bond donors (Lipinski definition) is 2. The van der Waals surface area contributed by atoms with Crippen LogP contribution < -0.4 is 39.7 Å². The van der Waals surface area contributed by atoms with Gasteiger partial charge in [-0.05, 0) is 0 Å². The number of aromatic nitrogens is 6. The molecule has 30 heavy (non-hydrogen) atoms. The Morgan fingerprint density at radius 3 is 1.60 bits per heavy atom. The second kappa shape index (κ2) is 7.23. The first-order valence-electron chi connectivity index (χ1n) is 8.52. The molecule has 0 unspecified atom stereocenters. The maximum absolute atomic E-state index is 12.1. The average Bonchev–Trinajstić information content (AvgIpc) is 3.32. The minimum absolute atomic E-state index is 0.0543. The highest BCUT2D eigenvalue weighted by Crippen LogP contribution is 2.23. The molecular formula is C16H16N8O6. The van der Waals surface area contributed by atoms with E-state index in [-0.39, 0.29) is 47.6 Å². The van der Waals surface area contributed by atoms with Crippen LogP contribution in [0.4, 0.5) is 23.7 Å². The Labute approximate surface area is 168 Å². The van der Waals surface area contributed by atoms with Crippen molar-refractivity contribution in [3.8, 4) is 17.6 Å². The van der Waals surface area contributed by atoms with E-state index in [2.05, 4.69) is 25.6 Å². The van der Waals surface area contributed by atoms with E-state index >= 15 is 0 Å². The molecule has 0 aliphatic carbocycles. The molecule has 0 bridgehead atoms. The van der Waals surface area contributed by atoms with Crippen molar-refractivity contribution in [3.63, 3.8) is 0 Å². The van der Waals surface area contributed by atoms with Gasteiger partial charge in [-0.3, -0.25) is 10.6 Å². The summed E-state index contributed by atoms with van der Waals surface area (Å²) in [5, 5.41) is 41.4. The molecular weight excluding hydrogens is 400 g/mol. The lowest BCUT2D eigenvalue weighted by Gasteiger charge is -2.09. The zero-order valence-corrected chi connectivity index (χ0v) is 16.1. The molecule has 0 fully saturated rings. The van der Waals surface area contributed by atoms with Gasteiger partial charge in [-0.2, -0.15) is 28.7 Å². The van der Waals surface area contributed by atoms with Crippen LogP contribution in [0.2, 0.25) is 0 Å². The number of rotatable bonds is 6. The third-order valence-electron chi connectivity index (χ3n) is 4.05. The number of oxazole rings is 3. The van der Waals surface area contributed by atoms with Crippen molar-refractivity contribution in [1.82, 2.24) is 15.0 Å². The predicted molar refractivity (Wildman–Crippen MR) is 87.2 cm³/mol. The van der Waals surface area contributed by atoms with E-state index in [1.807, 2.05) is 0 Å². The van der Waals surface area contributed by atoms with Crippen LogP contribution in [-0.4, -0.2) is 15.0 Å². The molecule has 4 heterocycles. The fraction of sp³-hybridized carbons (Fsp3) is 0.250. The Bertz CT molecular complexity index is 1050. The van der Waals surface area contributed by atoms with Crippen molar-refractivity contribution in [2.75, 3.05) is 10.6 Å². The maximum atomic E-state index is 12.1. The fourth-order valence-electron chi connectivity index (χ4n) is 2.46. The lowest BCUT2D eigenvalue weighted by atomic mass is 10.3. The Balaban J connectivity index is 1.70. The zero-order valence-electron chi connectivity index (χ0n) is 16.1. The molecule has 4 aromatic rings. The van der Waals surface area contributed by atoms with E-state index in [1.54, 1.807) is 7.05 Å². The summed E-state index contributed by atoms with van der Waals surface area (Å²) in [6, 6.07) is 0. The molecule has 0 saturated heterocycles. The normalized spacial score (nSPS) is 11.0. The second-order valence-electron chi connectivity index (χ2n) is 6.33. The monoisotopic (exact) mass is 416 g/mol. The van der Waals surface area contributed by atoms with Crippen LogP contribution in [0.15, 0.2) is 32.4 Å². The SMILES string of the molecule is C[n+]1coc(Cc2nc(Nc3oc[n+](C)c3[O-])nc(Nc3oc[n+](C)c3[O-])n2)c1[O-]. The molecule has 4 rings (SSSR count). The van der Waals surface area contributed by atoms with Gasteiger partial charge in [-0.15, -0.1) is 0 Å². The topological polar surface area (TPSA) is 183 Å². The van der Waals surface area contributed by atoms with Crippen LogP contribution in [0.5, 0.6) is 17.6 Å². The largest absolute Gasteiger partial charge is 0.821 e. The van der Waals surface area contributed by atoms with Crippen LogP contribution >= 0.6 is 0 Å². The van der Waals surface area contributed by atoms with E-state index in [0.717, 1.165) is 0 Å². The van der Waals surface area contributed by atoms with E-state index in [9.17, 15) is 15.3 Å². The first-order chi connectivity index (χ1) is 14.3. The summed E-state index contributed by atoms with van der Waals surface area (Å²) in [4.78, 5) is 12.5. The molecule has 0 saturated carbocycles. The van der Waals surface area contributed by atoms with Gasteiger partial charge < -0.3 is 28.6 Å². The van der Waals surface area contributed by atoms with Crippen LogP contribution in [0.25, 0.3) is 0 Å².